The van der Waals surface area contributed by atoms with Gasteiger partial charge in [0.15, 0.2) is 0 Å². The van der Waals surface area contributed by atoms with Gasteiger partial charge in [-0.3, -0.25) is 0 Å². The first-order valence-corrected chi connectivity index (χ1v) is 15.1. The second-order valence-corrected chi connectivity index (χ2v) is 11.2. The average Bonchev–Trinajstić information content (AvgIpc) is 3.02. The van der Waals surface area contributed by atoms with Crippen LogP contribution in [-0.2, 0) is 10.9 Å². The molecule has 1 aliphatic rings. The summed E-state index contributed by atoms with van der Waals surface area (Å²) >= 11 is 0. The van der Waals surface area contributed by atoms with Gasteiger partial charge in [-0.25, -0.2) is 41.9 Å². The van der Waals surface area contributed by atoms with Crippen LogP contribution in [0.2, 0.25) is 0 Å². The molecule has 1 unspecified atom stereocenters. The zero-order valence-corrected chi connectivity index (χ0v) is 24.5. The van der Waals surface area contributed by atoms with Crippen molar-refractivity contribution in [2.45, 2.75) is 31.6 Å². The standard InChI is InChI=1S/C31H29F2N7O3S/c1-18-7-8-22-23(9-10-25(33)27(22)28(40-44(41)42)19-5-3-2-4-6-19)29(18)43-30-24(16-35-17-37-30)26-11-12-36-31(39-26)38-21-13-20(32)14-34-15-21/h2-12,16-17,20-21,28,34,44H,13-15H2,1H3,(H,36,38,39)(H,40,41,42)/t20-,21-,28?/m0/s1. The lowest BCUT2D eigenvalue weighted by Crippen LogP contribution is -2.44. The van der Waals surface area contributed by atoms with Gasteiger partial charge in [-0.05, 0) is 41.6 Å². The van der Waals surface area contributed by atoms with Crippen molar-refractivity contribution in [3.63, 3.8) is 0 Å². The number of halogens is 2. The molecule has 0 aliphatic carbocycles. The maximum absolute atomic E-state index is 15.5. The van der Waals surface area contributed by atoms with Crippen LogP contribution in [0.1, 0.15) is 29.2 Å². The largest absolute Gasteiger partial charge is 0.437 e. The van der Waals surface area contributed by atoms with Crippen LogP contribution in [0.4, 0.5) is 14.7 Å². The molecule has 3 N–H and O–H groups in total. The van der Waals surface area contributed by atoms with Crippen molar-refractivity contribution in [3.8, 4) is 22.9 Å². The minimum atomic E-state index is -3.05. The van der Waals surface area contributed by atoms with E-state index in [2.05, 4.69) is 35.3 Å². The summed E-state index contributed by atoms with van der Waals surface area (Å²) in [5.74, 6) is 0.378. The Balaban J connectivity index is 1.39. The molecular formula is C31H29F2N7O3S. The molecule has 3 heterocycles. The molecule has 3 atom stereocenters. The number of anilines is 1. The highest BCUT2D eigenvalue weighted by Crippen LogP contribution is 2.40. The number of aryl methyl sites for hydroxylation is 1. The third-order valence-electron chi connectivity index (χ3n) is 7.43. The van der Waals surface area contributed by atoms with Crippen molar-refractivity contribution in [2.24, 2.45) is 0 Å². The van der Waals surface area contributed by atoms with Gasteiger partial charge in [-0.15, -0.1) is 0 Å². The summed E-state index contributed by atoms with van der Waals surface area (Å²) in [5.41, 5.74) is 2.46. The van der Waals surface area contributed by atoms with E-state index in [1.807, 2.05) is 6.92 Å². The monoisotopic (exact) mass is 617 g/mol. The van der Waals surface area contributed by atoms with Gasteiger partial charge >= 0.3 is 0 Å². The van der Waals surface area contributed by atoms with Gasteiger partial charge in [-0.1, -0.05) is 42.5 Å². The molecule has 3 aromatic carbocycles. The highest BCUT2D eigenvalue weighted by atomic mass is 32.2. The molecule has 2 aromatic heterocycles. The number of ether oxygens (including phenoxy) is 1. The fraction of sp³-hybridized carbons (Fsp3) is 0.226. The van der Waals surface area contributed by atoms with Crippen LogP contribution >= 0.6 is 0 Å². The highest BCUT2D eigenvalue weighted by Gasteiger charge is 2.25. The molecule has 13 heteroatoms. The van der Waals surface area contributed by atoms with Crippen molar-refractivity contribution in [1.29, 1.82) is 0 Å². The molecule has 0 amide bonds. The summed E-state index contributed by atoms with van der Waals surface area (Å²) in [4.78, 5) is 17.4. The zero-order valence-electron chi connectivity index (χ0n) is 23.6. The van der Waals surface area contributed by atoms with E-state index < -0.39 is 28.9 Å². The lowest BCUT2D eigenvalue weighted by atomic mass is 9.92. The molecule has 0 radical (unpaired) electrons. The molecule has 1 fully saturated rings. The van der Waals surface area contributed by atoms with Crippen molar-refractivity contribution in [1.82, 2.24) is 30.0 Å². The number of nitrogens with one attached hydrogen (secondary N) is 3. The Morgan fingerprint density at radius 3 is 2.64 bits per heavy atom. The lowest BCUT2D eigenvalue weighted by Gasteiger charge is -2.26. The number of rotatable bonds is 9. The summed E-state index contributed by atoms with van der Waals surface area (Å²) < 4.78 is 62.0. The number of alkyl halides is 1. The first-order valence-electron chi connectivity index (χ1n) is 14.0. The number of aromatic nitrogens is 4. The van der Waals surface area contributed by atoms with Gasteiger partial charge < -0.3 is 15.4 Å². The van der Waals surface area contributed by atoms with Crippen molar-refractivity contribution in [3.05, 3.63) is 102 Å². The van der Waals surface area contributed by atoms with Crippen molar-refractivity contribution < 1.29 is 21.9 Å². The van der Waals surface area contributed by atoms with Gasteiger partial charge in [0.05, 0.1) is 17.3 Å². The van der Waals surface area contributed by atoms with Crippen LogP contribution in [0, 0.1) is 12.7 Å². The summed E-state index contributed by atoms with van der Waals surface area (Å²) in [6, 6.07) is 15.8. The van der Waals surface area contributed by atoms with E-state index in [0.29, 0.717) is 58.8 Å². The van der Waals surface area contributed by atoms with Gasteiger partial charge in [-0.2, -0.15) is 0 Å². The smallest absolute Gasteiger partial charge is 0.231 e. The van der Waals surface area contributed by atoms with E-state index in [-0.39, 0.29) is 17.5 Å². The normalized spacial score (nSPS) is 17.5. The quantitative estimate of drug-likeness (QED) is 0.175. The predicted molar refractivity (Wildman–Crippen MR) is 163 cm³/mol. The van der Waals surface area contributed by atoms with Crippen LogP contribution in [0.15, 0.2) is 79.4 Å². The van der Waals surface area contributed by atoms with E-state index in [9.17, 15) is 12.8 Å². The summed E-state index contributed by atoms with van der Waals surface area (Å²) in [6.07, 6.45) is 3.89. The van der Waals surface area contributed by atoms with Gasteiger partial charge in [0.1, 0.15) is 24.1 Å². The minimum Gasteiger partial charge on any atom is -0.437 e. The number of hydrogen-bond acceptors (Lipinski definition) is 9. The molecular weight excluding hydrogens is 588 g/mol. The lowest BCUT2D eigenvalue weighted by molar-refractivity contribution is 0.254. The Labute approximate surface area is 254 Å². The zero-order chi connectivity index (χ0) is 30.6. The molecule has 0 bridgehead atoms. The van der Waals surface area contributed by atoms with Gasteiger partial charge in [0.2, 0.25) is 22.7 Å². The third-order valence-corrected chi connectivity index (χ3v) is 7.90. The number of fused-ring (bicyclic) bond motifs is 1. The number of hydrogen-bond donors (Lipinski definition) is 4. The summed E-state index contributed by atoms with van der Waals surface area (Å²) in [5, 5.41) is 7.26. The Kier molecular flexibility index (Phi) is 8.68. The van der Waals surface area contributed by atoms with E-state index in [1.54, 1.807) is 67.0 Å². The first kappa shape index (κ1) is 29.5. The fourth-order valence-electron chi connectivity index (χ4n) is 5.40. The van der Waals surface area contributed by atoms with Crippen LogP contribution < -0.4 is 20.1 Å². The predicted octanol–water partition coefficient (Wildman–Crippen LogP) is 4.64. The third kappa shape index (κ3) is 6.34. The fourth-order valence-corrected chi connectivity index (χ4v) is 5.89. The maximum Gasteiger partial charge on any atom is 0.231 e. The van der Waals surface area contributed by atoms with Gasteiger partial charge in [0.25, 0.3) is 0 Å². The van der Waals surface area contributed by atoms with Crippen LogP contribution in [0.25, 0.3) is 22.0 Å². The highest BCUT2D eigenvalue weighted by molar-refractivity contribution is 7.70. The molecule has 0 saturated carbocycles. The molecule has 6 rings (SSSR count). The Bertz CT molecular complexity index is 1870. The maximum atomic E-state index is 15.5. The Morgan fingerprint density at radius 1 is 1.02 bits per heavy atom. The molecule has 10 nitrogen and oxygen atoms in total. The molecule has 1 saturated heterocycles. The first-order chi connectivity index (χ1) is 21.4. The Morgan fingerprint density at radius 2 is 1.84 bits per heavy atom. The average molecular weight is 618 g/mol. The Hall–Kier alpha value is -4.59. The summed E-state index contributed by atoms with van der Waals surface area (Å²) in [6.45, 7) is 2.76. The number of piperidine rings is 1. The number of nitrogens with zero attached hydrogens (tertiary/aromatic N) is 4. The molecule has 0 spiro atoms. The molecule has 226 valence electrons. The summed E-state index contributed by atoms with van der Waals surface area (Å²) in [7, 11) is -3.05. The number of thiol groups is 1. The van der Waals surface area contributed by atoms with Gasteiger partial charge in [0, 0.05) is 48.9 Å². The van der Waals surface area contributed by atoms with E-state index in [1.165, 1.54) is 12.4 Å². The van der Waals surface area contributed by atoms with Crippen LogP contribution in [0.5, 0.6) is 11.6 Å². The van der Waals surface area contributed by atoms with Crippen LogP contribution in [-0.4, -0.2) is 53.7 Å². The van der Waals surface area contributed by atoms with Crippen LogP contribution in [0.3, 0.4) is 0 Å². The second-order valence-electron chi connectivity index (χ2n) is 10.4. The van der Waals surface area contributed by atoms with Crippen molar-refractivity contribution >= 4 is 27.6 Å². The number of benzene rings is 3. The van der Waals surface area contributed by atoms with Crippen molar-refractivity contribution in [2.75, 3.05) is 18.4 Å². The topological polar surface area (TPSA) is 131 Å². The van der Waals surface area contributed by atoms with E-state index >= 15 is 4.39 Å². The second kappa shape index (κ2) is 13.0. The molecule has 1 aliphatic heterocycles. The van der Waals surface area contributed by atoms with E-state index in [4.69, 9.17) is 4.74 Å². The molecule has 5 aromatic rings. The minimum absolute atomic E-state index is 0.167. The molecule has 44 heavy (non-hydrogen) atoms. The SMILES string of the molecule is Cc1ccc2c(C(N[SH](=O)=O)c3ccccc3)c(F)ccc2c1Oc1ncncc1-c1ccnc(N[C@@H]2CNC[C@@H](F)C2)n1. The van der Waals surface area contributed by atoms with E-state index in [0.717, 1.165) is 5.56 Å².